The second kappa shape index (κ2) is 9.18. The maximum Gasteiger partial charge on any atom is 0.0428 e. The zero-order valence-corrected chi connectivity index (χ0v) is 14.0. The molecule has 0 aliphatic heterocycles. The van der Waals surface area contributed by atoms with Crippen LogP contribution in [-0.2, 0) is 0 Å². The Balaban J connectivity index is 0.000000861. The van der Waals surface area contributed by atoms with Crippen molar-refractivity contribution in [3.8, 4) is 0 Å². The summed E-state index contributed by atoms with van der Waals surface area (Å²) in [6.45, 7) is 4.00. The van der Waals surface area contributed by atoms with Crippen LogP contribution in [0.1, 0.15) is 19.4 Å². The van der Waals surface area contributed by atoms with Crippen LogP contribution in [-0.4, -0.2) is 6.21 Å². The lowest BCUT2D eigenvalue weighted by atomic mass is 10.2. The molecule has 0 unspecified atom stereocenters. The van der Waals surface area contributed by atoms with Gasteiger partial charge < -0.3 is 0 Å². The SMILES string of the molecule is CC.Clc1ccc(S/N=C/c2ccc(Br)cc2)cc1. The van der Waals surface area contributed by atoms with Gasteiger partial charge in [0.2, 0.25) is 0 Å². The van der Waals surface area contributed by atoms with Gasteiger partial charge in [0.05, 0.1) is 0 Å². The molecule has 4 heteroatoms. The molecule has 0 fully saturated rings. The van der Waals surface area contributed by atoms with Crippen molar-refractivity contribution in [1.82, 2.24) is 0 Å². The summed E-state index contributed by atoms with van der Waals surface area (Å²) in [5.41, 5.74) is 1.08. The smallest absolute Gasteiger partial charge is 0.0428 e. The molecule has 2 aromatic carbocycles. The van der Waals surface area contributed by atoms with E-state index < -0.39 is 0 Å². The minimum absolute atomic E-state index is 0.742. The van der Waals surface area contributed by atoms with E-state index in [1.54, 1.807) is 0 Å². The summed E-state index contributed by atoms with van der Waals surface area (Å²) >= 11 is 10.6. The van der Waals surface area contributed by atoms with Crippen LogP contribution in [0.15, 0.2) is 62.3 Å². The van der Waals surface area contributed by atoms with Gasteiger partial charge in [0.15, 0.2) is 0 Å². The molecule has 19 heavy (non-hydrogen) atoms. The summed E-state index contributed by atoms with van der Waals surface area (Å²) in [7, 11) is 0. The highest BCUT2D eigenvalue weighted by Gasteiger charge is 1.92. The Kier molecular flexibility index (Phi) is 7.87. The van der Waals surface area contributed by atoms with Crippen LogP contribution in [0.25, 0.3) is 0 Å². The van der Waals surface area contributed by atoms with Gasteiger partial charge in [-0.3, -0.25) is 0 Å². The van der Waals surface area contributed by atoms with E-state index in [1.807, 2.05) is 68.6 Å². The maximum atomic E-state index is 5.80. The van der Waals surface area contributed by atoms with Crippen molar-refractivity contribution in [2.45, 2.75) is 18.7 Å². The fourth-order valence-corrected chi connectivity index (χ4v) is 2.14. The number of rotatable bonds is 3. The van der Waals surface area contributed by atoms with Crippen molar-refractivity contribution >= 4 is 45.7 Å². The third-order valence-electron chi connectivity index (χ3n) is 2.04. The normalized spacial score (nSPS) is 10.1. The standard InChI is InChI=1S/C13H9BrClNS.C2H6/c14-11-3-1-10(2-4-11)9-16-17-13-7-5-12(15)6-8-13;1-2/h1-9H;1-2H3/b16-9+;. The fourth-order valence-electron chi connectivity index (χ4n) is 1.19. The molecule has 0 aromatic heterocycles. The summed E-state index contributed by atoms with van der Waals surface area (Å²) < 4.78 is 5.37. The number of hydrogen-bond acceptors (Lipinski definition) is 2. The minimum atomic E-state index is 0.742. The summed E-state index contributed by atoms with van der Waals surface area (Å²) in [6, 6.07) is 15.6. The molecule has 0 saturated carbocycles. The second-order valence-corrected chi connectivity index (χ2v) is 5.55. The summed E-state index contributed by atoms with van der Waals surface area (Å²) in [6.07, 6.45) is 1.84. The first-order chi connectivity index (χ1) is 9.24. The van der Waals surface area contributed by atoms with Crippen molar-refractivity contribution in [2.75, 3.05) is 0 Å². The van der Waals surface area contributed by atoms with E-state index in [1.165, 1.54) is 11.9 Å². The molecule has 0 spiro atoms. The first kappa shape index (κ1) is 16.3. The third kappa shape index (κ3) is 6.28. The largest absolute Gasteiger partial charge is 0.219 e. The highest BCUT2D eigenvalue weighted by Crippen LogP contribution is 2.21. The first-order valence-corrected chi connectivity index (χ1v) is 7.90. The van der Waals surface area contributed by atoms with Crippen LogP contribution >= 0.6 is 39.5 Å². The van der Waals surface area contributed by atoms with Gasteiger partial charge in [-0.1, -0.05) is 53.5 Å². The van der Waals surface area contributed by atoms with Gasteiger partial charge in [-0.05, 0) is 42.0 Å². The van der Waals surface area contributed by atoms with Crippen molar-refractivity contribution in [3.05, 3.63) is 63.6 Å². The maximum absolute atomic E-state index is 5.80. The molecule has 0 N–H and O–H groups in total. The van der Waals surface area contributed by atoms with Crippen LogP contribution in [0.2, 0.25) is 5.02 Å². The Morgan fingerprint density at radius 3 is 2.16 bits per heavy atom. The predicted octanol–water partition coefficient (Wildman–Crippen LogP) is 6.25. The number of halogens is 2. The quantitative estimate of drug-likeness (QED) is 0.467. The van der Waals surface area contributed by atoms with E-state index in [0.29, 0.717) is 0 Å². The second-order valence-electron chi connectivity index (χ2n) is 3.33. The number of hydrogen-bond donors (Lipinski definition) is 0. The Morgan fingerprint density at radius 2 is 1.58 bits per heavy atom. The molecular weight excluding hydrogens is 342 g/mol. The monoisotopic (exact) mass is 355 g/mol. The lowest BCUT2D eigenvalue weighted by Gasteiger charge is -1.95. The minimum Gasteiger partial charge on any atom is -0.219 e. The van der Waals surface area contributed by atoms with Crippen LogP contribution in [0.4, 0.5) is 0 Å². The average molecular weight is 357 g/mol. The van der Waals surface area contributed by atoms with E-state index in [9.17, 15) is 0 Å². The van der Waals surface area contributed by atoms with Crippen molar-refractivity contribution < 1.29 is 0 Å². The van der Waals surface area contributed by atoms with E-state index in [2.05, 4.69) is 20.3 Å². The highest BCUT2D eigenvalue weighted by atomic mass is 79.9. The Hall–Kier alpha value is -0.770. The van der Waals surface area contributed by atoms with Crippen molar-refractivity contribution in [3.63, 3.8) is 0 Å². The van der Waals surface area contributed by atoms with Gasteiger partial charge in [-0.15, -0.1) is 0 Å². The summed E-state index contributed by atoms with van der Waals surface area (Å²) in [5, 5.41) is 0.742. The van der Waals surface area contributed by atoms with Gasteiger partial charge in [0.25, 0.3) is 0 Å². The fraction of sp³-hybridized carbons (Fsp3) is 0.133. The Bertz CT molecular complexity index is 509. The molecule has 100 valence electrons. The molecule has 0 bridgehead atoms. The predicted molar refractivity (Wildman–Crippen MR) is 90.4 cm³/mol. The Labute approximate surface area is 132 Å². The van der Waals surface area contributed by atoms with E-state index >= 15 is 0 Å². The molecule has 0 heterocycles. The molecule has 2 aromatic rings. The molecule has 0 aliphatic rings. The zero-order chi connectivity index (χ0) is 14.1. The van der Waals surface area contributed by atoms with Gasteiger partial charge >= 0.3 is 0 Å². The first-order valence-electron chi connectivity index (χ1n) is 5.95. The van der Waals surface area contributed by atoms with Gasteiger partial charge in [0, 0.05) is 32.6 Å². The molecule has 1 nitrogen and oxygen atoms in total. The lowest BCUT2D eigenvalue weighted by Crippen LogP contribution is -1.78. The van der Waals surface area contributed by atoms with Gasteiger partial charge in [-0.25, -0.2) is 4.40 Å². The van der Waals surface area contributed by atoms with E-state index in [4.69, 9.17) is 11.6 Å². The van der Waals surface area contributed by atoms with Crippen LogP contribution in [0.5, 0.6) is 0 Å². The topological polar surface area (TPSA) is 12.4 Å². The number of nitrogens with zero attached hydrogens (tertiary/aromatic N) is 1. The lowest BCUT2D eigenvalue weighted by molar-refractivity contribution is 1.46. The molecule has 0 saturated heterocycles. The highest BCUT2D eigenvalue weighted by molar-refractivity contribution is 9.10. The molecular formula is C15H15BrClNS. The van der Waals surface area contributed by atoms with Gasteiger partial charge in [0.1, 0.15) is 0 Å². The average Bonchev–Trinajstić information content (AvgIpc) is 2.45. The van der Waals surface area contributed by atoms with Crippen molar-refractivity contribution in [1.29, 1.82) is 0 Å². The van der Waals surface area contributed by atoms with Crippen LogP contribution < -0.4 is 0 Å². The molecule has 0 aliphatic carbocycles. The van der Waals surface area contributed by atoms with Crippen molar-refractivity contribution in [2.24, 2.45) is 4.40 Å². The van der Waals surface area contributed by atoms with Crippen LogP contribution in [0.3, 0.4) is 0 Å². The molecule has 0 amide bonds. The molecule has 0 atom stereocenters. The zero-order valence-electron chi connectivity index (χ0n) is 10.8. The third-order valence-corrected chi connectivity index (χ3v) is 3.52. The molecule has 0 radical (unpaired) electrons. The molecule has 2 rings (SSSR count). The van der Waals surface area contributed by atoms with Gasteiger partial charge in [-0.2, -0.15) is 0 Å². The Morgan fingerprint density at radius 1 is 1.00 bits per heavy atom. The van der Waals surface area contributed by atoms with E-state index in [-0.39, 0.29) is 0 Å². The summed E-state index contributed by atoms with van der Waals surface area (Å²) in [5.74, 6) is 0. The van der Waals surface area contributed by atoms with Crippen LogP contribution in [0, 0.1) is 0 Å². The van der Waals surface area contributed by atoms with E-state index in [0.717, 1.165) is 20.0 Å². The number of benzene rings is 2. The summed E-state index contributed by atoms with van der Waals surface area (Å²) in [4.78, 5) is 1.07.